The van der Waals surface area contributed by atoms with Crippen LogP contribution < -0.4 is 5.32 Å². The predicted molar refractivity (Wildman–Crippen MR) is 84.8 cm³/mol. The number of amides is 1. The Morgan fingerprint density at radius 1 is 1.48 bits per heavy atom. The van der Waals surface area contributed by atoms with E-state index >= 15 is 0 Å². The van der Waals surface area contributed by atoms with Crippen LogP contribution in [0.15, 0.2) is 18.2 Å². The van der Waals surface area contributed by atoms with E-state index in [-0.39, 0.29) is 18.6 Å². The number of carbonyl (C=O) groups is 1. The molecule has 1 atom stereocenters. The molecule has 1 aromatic carbocycles. The third-order valence-corrected chi connectivity index (χ3v) is 4.31. The molecule has 0 spiro atoms. The van der Waals surface area contributed by atoms with Gasteiger partial charge in [-0.3, -0.25) is 9.69 Å². The number of piperidine rings is 1. The lowest BCUT2D eigenvalue weighted by atomic mass is 10.0. The second-order valence-electron chi connectivity index (χ2n) is 5.58. The summed E-state index contributed by atoms with van der Waals surface area (Å²) >= 11 is 5.90. The summed E-state index contributed by atoms with van der Waals surface area (Å²) in [4.78, 5) is 14.4. The summed E-state index contributed by atoms with van der Waals surface area (Å²) in [6.45, 7) is 4.46. The van der Waals surface area contributed by atoms with Crippen LogP contribution in [0.1, 0.15) is 35.2 Å². The van der Waals surface area contributed by atoms with E-state index in [1.807, 2.05) is 6.92 Å². The molecule has 2 N–H and O–H groups in total. The minimum Gasteiger partial charge on any atom is -0.395 e. The highest BCUT2D eigenvalue weighted by Gasteiger charge is 2.21. The van der Waals surface area contributed by atoms with Crippen LogP contribution in [0, 0.1) is 6.92 Å². The Labute approximate surface area is 131 Å². The van der Waals surface area contributed by atoms with Gasteiger partial charge in [-0.1, -0.05) is 18.0 Å². The van der Waals surface area contributed by atoms with Gasteiger partial charge in [-0.25, -0.2) is 0 Å². The van der Waals surface area contributed by atoms with Gasteiger partial charge in [0.1, 0.15) is 0 Å². The van der Waals surface area contributed by atoms with Crippen molar-refractivity contribution in [1.82, 2.24) is 10.2 Å². The van der Waals surface area contributed by atoms with E-state index in [1.165, 1.54) is 12.8 Å². The minimum absolute atomic E-state index is 0.0678. The van der Waals surface area contributed by atoms with E-state index in [0.717, 1.165) is 25.1 Å². The lowest BCUT2D eigenvalue weighted by Crippen LogP contribution is -2.45. The first kappa shape index (κ1) is 16.3. The Kier molecular flexibility index (Phi) is 6.03. The number of rotatable bonds is 5. The molecule has 0 aliphatic carbocycles. The summed E-state index contributed by atoms with van der Waals surface area (Å²) in [6, 6.07) is 5.52. The smallest absolute Gasteiger partial charge is 0.251 e. The quantitative estimate of drug-likeness (QED) is 0.877. The second kappa shape index (κ2) is 7.78. The van der Waals surface area contributed by atoms with Crippen molar-refractivity contribution in [2.75, 3.05) is 26.2 Å². The molecule has 1 aromatic rings. The minimum atomic E-state index is -0.0678. The van der Waals surface area contributed by atoms with E-state index in [0.29, 0.717) is 17.1 Å². The van der Waals surface area contributed by atoms with Gasteiger partial charge in [-0.15, -0.1) is 0 Å². The molecule has 0 unspecified atom stereocenters. The van der Waals surface area contributed by atoms with Gasteiger partial charge in [-0.05, 0) is 50.1 Å². The van der Waals surface area contributed by atoms with Crippen molar-refractivity contribution in [3.63, 3.8) is 0 Å². The highest BCUT2D eigenvalue weighted by molar-refractivity contribution is 6.30. The average molecular weight is 311 g/mol. The van der Waals surface area contributed by atoms with Crippen LogP contribution in [0.3, 0.4) is 0 Å². The highest BCUT2D eigenvalue weighted by atomic mass is 35.5. The molecular formula is C16H23ClN2O2. The number of likely N-dealkylation sites (tertiary alicyclic amines) is 1. The summed E-state index contributed by atoms with van der Waals surface area (Å²) in [6.07, 6.45) is 3.39. The standard InChI is InChI=1S/C16H23ClN2O2/c1-12-10-13(17)5-6-15(12)16(21)18-7-9-19-8-3-2-4-14(19)11-20/h5-6,10,14,20H,2-4,7-9,11H2,1H3,(H,18,21)/t14-/m1/s1. The molecule has 0 aromatic heterocycles. The fourth-order valence-corrected chi connectivity index (χ4v) is 3.08. The van der Waals surface area contributed by atoms with Crippen molar-refractivity contribution in [3.05, 3.63) is 34.3 Å². The normalized spacial score (nSPS) is 19.5. The van der Waals surface area contributed by atoms with Gasteiger partial charge in [0.25, 0.3) is 5.91 Å². The summed E-state index contributed by atoms with van der Waals surface area (Å²) in [5.74, 6) is -0.0678. The van der Waals surface area contributed by atoms with Crippen molar-refractivity contribution in [2.45, 2.75) is 32.2 Å². The molecule has 5 heteroatoms. The zero-order valence-electron chi connectivity index (χ0n) is 12.4. The van der Waals surface area contributed by atoms with Crippen molar-refractivity contribution >= 4 is 17.5 Å². The Morgan fingerprint density at radius 2 is 2.29 bits per heavy atom. The Hall–Kier alpha value is -1.10. The maximum atomic E-state index is 12.1. The molecule has 0 radical (unpaired) electrons. The maximum Gasteiger partial charge on any atom is 0.251 e. The lowest BCUT2D eigenvalue weighted by Gasteiger charge is -2.34. The third kappa shape index (κ3) is 4.43. The summed E-state index contributed by atoms with van der Waals surface area (Å²) < 4.78 is 0. The number of aryl methyl sites for hydroxylation is 1. The first-order chi connectivity index (χ1) is 10.1. The molecule has 1 aliphatic heterocycles. The molecule has 116 valence electrons. The Balaban J connectivity index is 1.83. The van der Waals surface area contributed by atoms with E-state index < -0.39 is 0 Å². The first-order valence-electron chi connectivity index (χ1n) is 7.51. The largest absolute Gasteiger partial charge is 0.395 e. The fourth-order valence-electron chi connectivity index (χ4n) is 2.85. The van der Waals surface area contributed by atoms with Gasteiger partial charge in [0.15, 0.2) is 0 Å². The van der Waals surface area contributed by atoms with E-state index in [2.05, 4.69) is 10.2 Å². The number of carbonyl (C=O) groups excluding carboxylic acids is 1. The first-order valence-corrected chi connectivity index (χ1v) is 7.89. The summed E-state index contributed by atoms with van der Waals surface area (Å²) in [7, 11) is 0. The lowest BCUT2D eigenvalue weighted by molar-refractivity contribution is 0.0849. The van der Waals surface area contributed by atoms with E-state index in [1.54, 1.807) is 18.2 Å². The number of nitrogens with zero attached hydrogens (tertiary/aromatic N) is 1. The molecular weight excluding hydrogens is 288 g/mol. The number of aliphatic hydroxyl groups excluding tert-OH is 1. The van der Waals surface area contributed by atoms with Crippen LogP contribution in [0.5, 0.6) is 0 Å². The van der Waals surface area contributed by atoms with Crippen LogP contribution in [-0.2, 0) is 0 Å². The van der Waals surface area contributed by atoms with Crippen molar-refractivity contribution in [3.8, 4) is 0 Å². The van der Waals surface area contributed by atoms with Crippen molar-refractivity contribution in [2.24, 2.45) is 0 Å². The Bertz CT molecular complexity index is 493. The second-order valence-corrected chi connectivity index (χ2v) is 6.02. The zero-order valence-corrected chi connectivity index (χ0v) is 13.2. The summed E-state index contributed by atoms with van der Waals surface area (Å²) in [5, 5.41) is 13.0. The molecule has 1 amide bonds. The van der Waals surface area contributed by atoms with Gasteiger partial charge in [0.05, 0.1) is 6.61 Å². The van der Waals surface area contributed by atoms with Gasteiger partial charge in [-0.2, -0.15) is 0 Å². The number of hydrogen-bond acceptors (Lipinski definition) is 3. The van der Waals surface area contributed by atoms with Crippen molar-refractivity contribution in [1.29, 1.82) is 0 Å². The molecule has 4 nitrogen and oxygen atoms in total. The maximum absolute atomic E-state index is 12.1. The van der Waals surface area contributed by atoms with E-state index in [4.69, 9.17) is 11.6 Å². The van der Waals surface area contributed by atoms with Crippen LogP contribution in [-0.4, -0.2) is 48.2 Å². The third-order valence-electron chi connectivity index (χ3n) is 4.08. The molecule has 1 aliphatic rings. The molecule has 2 rings (SSSR count). The van der Waals surface area contributed by atoms with Gasteiger partial charge >= 0.3 is 0 Å². The van der Waals surface area contributed by atoms with Gasteiger partial charge in [0, 0.05) is 29.7 Å². The topological polar surface area (TPSA) is 52.6 Å². The fraction of sp³-hybridized carbons (Fsp3) is 0.562. The number of hydrogen-bond donors (Lipinski definition) is 2. The number of halogens is 1. The highest BCUT2D eigenvalue weighted by Crippen LogP contribution is 2.16. The van der Waals surface area contributed by atoms with Gasteiger partial charge < -0.3 is 10.4 Å². The van der Waals surface area contributed by atoms with Gasteiger partial charge in [0.2, 0.25) is 0 Å². The van der Waals surface area contributed by atoms with E-state index in [9.17, 15) is 9.90 Å². The molecule has 0 saturated carbocycles. The van der Waals surface area contributed by atoms with Crippen LogP contribution in [0.2, 0.25) is 5.02 Å². The molecule has 0 bridgehead atoms. The Morgan fingerprint density at radius 3 is 3.00 bits per heavy atom. The van der Waals surface area contributed by atoms with Crippen molar-refractivity contribution < 1.29 is 9.90 Å². The molecule has 21 heavy (non-hydrogen) atoms. The van der Waals surface area contributed by atoms with Crippen LogP contribution in [0.4, 0.5) is 0 Å². The monoisotopic (exact) mass is 310 g/mol. The molecule has 1 heterocycles. The number of nitrogens with one attached hydrogen (secondary N) is 1. The molecule has 1 saturated heterocycles. The SMILES string of the molecule is Cc1cc(Cl)ccc1C(=O)NCCN1CCCC[C@@H]1CO. The number of benzene rings is 1. The molecule has 1 fully saturated rings. The zero-order chi connectivity index (χ0) is 15.2. The predicted octanol–water partition coefficient (Wildman–Crippen LogP) is 2.23. The average Bonchev–Trinajstić information content (AvgIpc) is 2.47. The van der Waals surface area contributed by atoms with Crippen LogP contribution in [0.25, 0.3) is 0 Å². The number of aliphatic hydroxyl groups is 1. The van der Waals surface area contributed by atoms with Crippen LogP contribution >= 0.6 is 11.6 Å². The summed E-state index contributed by atoms with van der Waals surface area (Å²) in [5.41, 5.74) is 1.54.